The Bertz CT molecular complexity index is 1150. The molecule has 0 spiro atoms. The molecule has 0 bridgehead atoms. The molecule has 0 aromatic carbocycles. The van der Waals surface area contributed by atoms with E-state index in [0.29, 0.717) is 19.3 Å². The number of unbranched alkanes of at least 4 members (excludes halogenated alkanes) is 16. The number of rotatable bonds is 42. The number of allylic oxidation sites excluding steroid dienone is 14. The predicted octanol–water partition coefficient (Wildman–Crippen LogP) is 14.4. The molecule has 1 amide bonds. The Morgan fingerprint density at radius 2 is 0.932 bits per heavy atom. The lowest BCUT2D eigenvalue weighted by Gasteiger charge is -2.24. The van der Waals surface area contributed by atoms with Crippen LogP contribution in [0.3, 0.4) is 0 Å². The molecule has 338 valence electrons. The fraction of sp³-hybridized carbons (Fsp3) is 0.698. The average molecular weight is 822 g/mol. The van der Waals surface area contributed by atoms with Crippen molar-refractivity contribution in [2.45, 2.75) is 232 Å². The van der Waals surface area contributed by atoms with E-state index >= 15 is 0 Å². The van der Waals surface area contributed by atoms with Crippen LogP contribution in [0.2, 0.25) is 0 Å². The summed E-state index contributed by atoms with van der Waals surface area (Å²) in [4.78, 5) is 26.0. The molecule has 3 atom stereocenters. The number of hydrogen-bond donors (Lipinski definition) is 3. The Labute approximate surface area is 363 Å². The van der Waals surface area contributed by atoms with Crippen molar-refractivity contribution >= 4 is 11.9 Å². The number of aliphatic hydroxyl groups excluding tert-OH is 2. The highest BCUT2D eigenvalue weighted by atomic mass is 16.5. The van der Waals surface area contributed by atoms with Gasteiger partial charge in [0.25, 0.3) is 0 Å². The molecule has 0 saturated heterocycles. The second-order valence-electron chi connectivity index (χ2n) is 16.1. The number of esters is 1. The van der Waals surface area contributed by atoms with Crippen molar-refractivity contribution in [1.29, 1.82) is 0 Å². The molecular formula is C53H91NO5. The first-order valence-corrected chi connectivity index (χ1v) is 24.3. The molecule has 0 radical (unpaired) electrons. The number of hydrogen-bond acceptors (Lipinski definition) is 5. The molecule has 59 heavy (non-hydrogen) atoms. The summed E-state index contributed by atoms with van der Waals surface area (Å²) >= 11 is 0. The lowest BCUT2D eigenvalue weighted by molar-refractivity contribution is -0.150. The monoisotopic (exact) mass is 822 g/mol. The smallest absolute Gasteiger partial charge is 0.306 e. The van der Waals surface area contributed by atoms with Crippen LogP contribution in [-0.4, -0.2) is 46.9 Å². The molecule has 0 fully saturated rings. The highest BCUT2D eigenvalue weighted by Crippen LogP contribution is 2.16. The summed E-state index contributed by atoms with van der Waals surface area (Å²) < 4.78 is 5.85. The summed E-state index contributed by atoms with van der Waals surface area (Å²) in [6.45, 7) is 6.30. The number of ether oxygens (including phenoxy) is 1. The minimum atomic E-state index is -0.808. The van der Waals surface area contributed by atoms with Crippen LogP contribution >= 0.6 is 0 Å². The number of amides is 1. The Hall–Kier alpha value is -2.96. The molecule has 3 N–H and O–H groups in total. The minimum Gasteiger partial charge on any atom is -0.462 e. The maximum atomic E-state index is 13.1. The topological polar surface area (TPSA) is 95.9 Å². The fourth-order valence-corrected chi connectivity index (χ4v) is 6.81. The fourth-order valence-electron chi connectivity index (χ4n) is 6.81. The van der Waals surface area contributed by atoms with Gasteiger partial charge in [0.05, 0.1) is 25.2 Å². The highest BCUT2D eigenvalue weighted by Gasteiger charge is 2.23. The number of aliphatic hydroxyl groups is 2. The first-order valence-electron chi connectivity index (χ1n) is 24.3. The third kappa shape index (κ3) is 41.6. The third-order valence-electron chi connectivity index (χ3n) is 10.5. The standard InChI is InChI=1S/C53H91NO5/c1-4-7-10-13-16-19-21-23-24-25-26-27-28-29-31-34-37-40-43-46-53(58)59-49(44-41-38-35-33-30-22-20-17-14-11-8-5-2)47-52(57)54-50(48-55)51(56)45-42-39-36-32-18-15-12-9-6-3/h7,10,16,19,23-24,26-27,29,31,33,35,37,40,49-51,55-56H,4-6,8-9,11-15,17-18,20-22,25,28,30,32,34,36,38-39,41-48H2,1-3H3,(H,54,57)/b10-7-,19-16-,24-23-,27-26-,31-29-,35-33-,40-37-. The maximum Gasteiger partial charge on any atom is 0.306 e. The quantitative estimate of drug-likeness (QED) is 0.0324. The van der Waals surface area contributed by atoms with Gasteiger partial charge < -0.3 is 20.3 Å². The van der Waals surface area contributed by atoms with Crippen LogP contribution in [0.25, 0.3) is 0 Å². The highest BCUT2D eigenvalue weighted by molar-refractivity contribution is 5.77. The first kappa shape index (κ1) is 56.0. The van der Waals surface area contributed by atoms with Gasteiger partial charge in [-0.1, -0.05) is 202 Å². The molecule has 0 rings (SSSR count). The van der Waals surface area contributed by atoms with Crippen molar-refractivity contribution in [3.8, 4) is 0 Å². The van der Waals surface area contributed by atoms with E-state index in [1.54, 1.807) is 0 Å². The summed E-state index contributed by atoms with van der Waals surface area (Å²) in [7, 11) is 0. The zero-order valence-electron chi connectivity index (χ0n) is 38.4. The van der Waals surface area contributed by atoms with Gasteiger partial charge in [0.1, 0.15) is 6.10 Å². The van der Waals surface area contributed by atoms with Crippen LogP contribution in [0, 0.1) is 0 Å². The molecule has 0 aliphatic heterocycles. The van der Waals surface area contributed by atoms with Gasteiger partial charge in [0.2, 0.25) is 5.91 Å². The zero-order chi connectivity index (χ0) is 43.1. The molecule has 0 aromatic heterocycles. The van der Waals surface area contributed by atoms with E-state index in [9.17, 15) is 19.8 Å². The summed E-state index contributed by atoms with van der Waals surface area (Å²) in [5, 5.41) is 23.6. The zero-order valence-corrected chi connectivity index (χ0v) is 38.4. The van der Waals surface area contributed by atoms with Crippen molar-refractivity contribution in [3.05, 3.63) is 85.1 Å². The summed E-state index contributed by atoms with van der Waals surface area (Å²) in [5.41, 5.74) is 0. The van der Waals surface area contributed by atoms with Crippen LogP contribution in [0.5, 0.6) is 0 Å². The lowest BCUT2D eigenvalue weighted by atomic mass is 10.0. The second-order valence-corrected chi connectivity index (χ2v) is 16.1. The largest absolute Gasteiger partial charge is 0.462 e. The van der Waals surface area contributed by atoms with Gasteiger partial charge in [0, 0.05) is 6.42 Å². The van der Waals surface area contributed by atoms with Crippen molar-refractivity contribution in [1.82, 2.24) is 5.32 Å². The van der Waals surface area contributed by atoms with Gasteiger partial charge in [-0.2, -0.15) is 0 Å². The van der Waals surface area contributed by atoms with Crippen LogP contribution in [0.4, 0.5) is 0 Å². The van der Waals surface area contributed by atoms with E-state index in [-0.39, 0.29) is 31.3 Å². The molecule has 6 nitrogen and oxygen atoms in total. The molecule has 0 saturated carbocycles. The van der Waals surface area contributed by atoms with Gasteiger partial charge in [0.15, 0.2) is 0 Å². The van der Waals surface area contributed by atoms with E-state index in [1.165, 1.54) is 83.5 Å². The van der Waals surface area contributed by atoms with Crippen molar-refractivity contribution in [2.75, 3.05) is 6.61 Å². The van der Waals surface area contributed by atoms with Crippen molar-refractivity contribution < 1.29 is 24.5 Å². The third-order valence-corrected chi connectivity index (χ3v) is 10.5. The van der Waals surface area contributed by atoms with Gasteiger partial charge in [-0.15, -0.1) is 0 Å². The molecular weight excluding hydrogens is 731 g/mol. The van der Waals surface area contributed by atoms with E-state index in [4.69, 9.17) is 4.74 Å². The molecule has 6 heteroatoms. The van der Waals surface area contributed by atoms with Gasteiger partial charge >= 0.3 is 5.97 Å². The minimum absolute atomic E-state index is 0.0225. The predicted molar refractivity (Wildman–Crippen MR) is 254 cm³/mol. The number of carbonyl (C=O) groups is 2. The normalized spacial score (nSPS) is 14.1. The van der Waals surface area contributed by atoms with Gasteiger partial charge in [-0.25, -0.2) is 0 Å². The molecule has 3 unspecified atom stereocenters. The van der Waals surface area contributed by atoms with E-state index in [0.717, 1.165) is 77.0 Å². The Kier molecular flexibility index (Phi) is 43.8. The molecule has 0 aliphatic carbocycles. The summed E-state index contributed by atoms with van der Waals surface area (Å²) in [6.07, 6.45) is 59.4. The van der Waals surface area contributed by atoms with Crippen LogP contribution in [0.15, 0.2) is 85.1 Å². The SMILES string of the molecule is CC/C=C\C/C=C\C/C=C\C/C=C\C/C=C\C/C=C\CCC(=O)OC(CCC/C=C\CCCCCCCCC)CC(=O)NC(CO)C(O)CCCCCCCCCCC. The molecule has 0 heterocycles. The number of carbonyl (C=O) groups excluding carboxylic acids is 2. The molecule has 0 aromatic rings. The Balaban J connectivity index is 4.72. The van der Waals surface area contributed by atoms with E-state index in [2.05, 4.69) is 105 Å². The van der Waals surface area contributed by atoms with Crippen molar-refractivity contribution in [3.63, 3.8) is 0 Å². The Morgan fingerprint density at radius 3 is 1.42 bits per heavy atom. The van der Waals surface area contributed by atoms with Crippen LogP contribution in [0.1, 0.15) is 213 Å². The van der Waals surface area contributed by atoms with E-state index < -0.39 is 18.2 Å². The number of nitrogens with one attached hydrogen (secondary N) is 1. The second kappa shape index (κ2) is 46.1. The van der Waals surface area contributed by atoms with Crippen LogP contribution in [-0.2, 0) is 14.3 Å². The summed E-state index contributed by atoms with van der Waals surface area (Å²) in [5.74, 6) is -0.611. The average Bonchev–Trinajstić information content (AvgIpc) is 3.23. The van der Waals surface area contributed by atoms with Crippen LogP contribution < -0.4 is 5.32 Å². The lowest BCUT2D eigenvalue weighted by Crippen LogP contribution is -2.46. The Morgan fingerprint density at radius 1 is 0.508 bits per heavy atom. The maximum absolute atomic E-state index is 13.1. The van der Waals surface area contributed by atoms with Crippen molar-refractivity contribution in [2.24, 2.45) is 0 Å². The van der Waals surface area contributed by atoms with E-state index in [1.807, 2.05) is 6.08 Å². The molecule has 0 aliphatic rings. The van der Waals surface area contributed by atoms with Gasteiger partial charge in [-0.3, -0.25) is 9.59 Å². The summed E-state index contributed by atoms with van der Waals surface area (Å²) in [6, 6.07) is -0.726. The van der Waals surface area contributed by atoms with Gasteiger partial charge in [-0.05, 0) is 83.5 Å². The first-order chi connectivity index (χ1) is 29.0.